The van der Waals surface area contributed by atoms with Crippen LogP contribution in [0.25, 0.3) is 0 Å². The van der Waals surface area contributed by atoms with Crippen molar-refractivity contribution < 1.29 is 23.1 Å². The van der Waals surface area contributed by atoms with Crippen LogP contribution in [0.1, 0.15) is 11.6 Å². The van der Waals surface area contributed by atoms with Crippen molar-refractivity contribution >= 4 is 6.09 Å². The Balaban J connectivity index is 2.97. The Kier molecular flexibility index (Phi) is 3.18. The molecule has 1 rings (SSSR count). The van der Waals surface area contributed by atoms with Crippen LogP contribution in [0.15, 0.2) is 30.3 Å². The van der Waals surface area contributed by atoms with Crippen molar-refractivity contribution in [3.05, 3.63) is 35.9 Å². The zero-order chi connectivity index (χ0) is 11.5. The lowest BCUT2D eigenvalue weighted by molar-refractivity contribution is -0.155. The van der Waals surface area contributed by atoms with Gasteiger partial charge in [0.25, 0.3) is 0 Å². The molecule has 82 valence electrons. The van der Waals surface area contributed by atoms with Gasteiger partial charge < -0.3 is 10.4 Å². The molecule has 0 bridgehead atoms. The third-order valence-corrected chi connectivity index (χ3v) is 1.73. The van der Waals surface area contributed by atoms with Gasteiger partial charge >= 0.3 is 12.3 Å². The molecule has 0 fully saturated rings. The average Bonchev–Trinajstić information content (AvgIpc) is 2.14. The van der Waals surface area contributed by atoms with Crippen LogP contribution >= 0.6 is 0 Å². The molecule has 6 heteroatoms. The minimum absolute atomic E-state index is 0.132. The van der Waals surface area contributed by atoms with Crippen molar-refractivity contribution in [2.24, 2.45) is 0 Å². The molecule has 15 heavy (non-hydrogen) atoms. The third-order valence-electron chi connectivity index (χ3n) is 1.73. The van der Waals surface area contributed by atoms with Gasteiger partial charge in [-0.25, -0.2) is 4.79 Å². The Morgan fingerprint density at radius 1 is 1.27 bits per heavy atom. The second kappa shape index (κ2) is 4.20. The molecule has 3 nitrogen and oxygen atoms in total. The summed E-state index contributed by atoms with van der Waals surface area (Å²) in [4.78, 5) is 10.2. The van der Waals surface area contributed by atoms with Crippen LogP contribution in [-0.4, -0.2) is 17.4 Å². The van der Waals surface area contributed by atoms with Gasteiger partial charge in [0.1, 0.15) is 0 Å². The number of hydrogen-bond donors (Lipinski definition) is 2. The van der Waals surface area contributed by atoms with E-state index in [1.54, 1.807) is 6.07 Å². The van der Waals surface area contributed by atoms with Crippen LogP contribution in [0, 0.1) is 0 Å². The molecular weight excluding hydrogens is 211 g/mol. The Morgan fingerprint density at radius 2 is 1.80 bits per heavy atom. The highest BCUT2D eigenvalue weighted by molar-refractivity contribution is 5.65. The SMILES string of the molecule is O=C(O)NC(c1ccccc1)C(F)(F)F. The number of carboxylic acid groups (broad SMARTS) is 1. The number of rotatable bonds is 2. The standard InChI is InChI=1S/C9H8F3NO2/c10-9(11,12)7(13-8(14)15)6-4-2-1-3-5-6/h1-5,7,13H,(H,14,15). The number of halogens is 3. The van der Waals surface area contributed by atoms with Crippen LogP contribution in [-0.2, 0) is 0 Å². The van der Waals surface area contributed by atoms with Crippen LogP contribution in [0.3, 0.4) is 0 Å². The lowest BCUT2D eigenvalue weighted by Crippen LogP contribution is -2.37. The van der Waals surface area contributed by atoms with E-state index in [1.165, 1.54) is 29.6 Å². The van der Waals surface area contributed by atoms with Crippen molar-refractivity contribution in [1.82, 2.24) is 5.32 Å². The maximum Gasteiger partial charge on any atom is 0.412 e. The van der Waals surface area contributed by atoms with Gasteiger partial charge in [0, 0.05) is 0 Å². The lowest BCUT2D eigenvalue weighted by Gasteiger charge is -2.20. The summed E-state index contributed by atoms with van der Waals surface area (Å²) in [6.45, 7) is 0. The number of nitrogens with one attached hydrogen (secondary N) is 1. The zero-order valence-electron chi connectivity index (χ0n) is 7.45. The predicted molar refractivity (Wildman–Crippen MR) is 46.4 cm³/mol. The molecule has 0 spiro atoms. The fraction of sp³-hybridized carbons (Fsp3) is 0.222. The highest BCUT2D eigenvalue weighted by atomic mass is 19.4. The van der Waals surface area contributed by atoms with Gasteiger partial charge in [-0.2, -0.15) is 13.2 Å². The summed E-state index contributed by atoms with van der Waals surface area (Å²) in [5.41, 5.74) is -0.132. The number of alkyl halides is 3. The van der Waals surface area contributed by atoms with Crippen molar-refractivity contribution in [3.63, 3.8) is 0 Å². The molecule has 0 radical (unpaired) electrons. The monoisotopic (exact) mass is 219 g/mol. The molecule has 1 aromatic carbocycles. The van der Waals surface area contributed by atoms with E-state index in [1.807, 2.05) is 0 Å². The molecule has 0 aliphatic carbocycles. The van der Waals surface area contributed by atoms with E-state index >= 15 is 0 Å². The van der Waals surface area contributed by atoms with E-state index in [4.69, 9.17) is 5.11 Å². The van der Waals surface area contributed by atoms with Crippen molar-refractivity contribution in [3.8, 4) is 0 Å². The average molecular weight is 219 g/mol. The molecule has 0 aromatic heterocycles. The maximum atomic E-state index is 12.4. The first kappa shape index (κ1) is 11.4. The van der Waals surface area contributed by atoms with Gasteiger partial charge in [0.05, 0.1) is 0 Å². The van der Waals surface area contributed by atoms with Crippen molar-refractivity contribution in [1.29, 1.82) is 0 Å². The molecule has 0 aliphatic rings. The zero-order valence-corrected chi connectivity index (χ0v) is 7.45. The van der Waals surface area contributed by atoms with E-state index in [0.29, 0.717) is 0 Å². The van der Waals surface area contributed by atoms with Gasteiger partial charge in [0.15, 0.2) is 6.04 Å². The number of carbonyl (C=O) groups is 1. The second-order valence-corrected chi connectivity index (χ2v) is 2.83. The Morgan fingerprint density at radius 3 is 2.20 bits per heavy atom. The van der Waals surface area contributed by atoms with Crippen molar-refractivity contribution in [2.45, 2.75) is 12.2 Å². The maximum absolute atomic E-state index is 12.4. The minimum atomic E-state index is -4.64. The first-order valence-electron chi connectivity index (χ1n) is 4.02. The van der Waals surface area contributed by atoms with E-state index in [2.05, 4.69) is 0 Å². The van der Waals surface area contributed by atoms with Crippen LogP contribution < -0.4 is 5.32 Å². The Hall–Kier alpha value is -1.72. The summed E-state index contributed by atoms with van der Waals surface area (Å²) in [5.74, 6) is 0. The fourth-order valence-electron chi connectivity index (χ4n) is 1.12. The molecule has 1 amide bonds. The van der Waals surface area contributed by atoms with E-state index < -0.39 is 18.3 Å². The van der Waals surface area contributed by atoms with E-state index in [9.17, 15) is 18.0 Å². The molecule has 0 aliphatic heterocycles. The molecule has 0 heterocycles. The third kappa shape index (κ3) is 3.16. The molecule has 1 aromatic rings. The van der Waals surface area contributed by atoms with Crippen molar-refractivity contribution in [2.75, 3.05) is 0 Å². The van der Waals surface area contributed by atoms with Gasteiger partial charge in [-0.1, -0.05) is 30.3 Å². The Bertz CT molecular complexity index is 337. The highest BCUT2D eigenvalue weighted by Crippen LogP contribution is 2.32. The molecular formula is C9H8F3NO2. The summed E-state index contributed by atoms with van der Waals surface area (Å²) in [7, 11) is 0. The van der Waals surface area contributed by atoms with Crippen LogP contribution in [0.2, 0.25) is 0 Å². The summed E-state index contributed by atoms with van der Waals surface area (Å²) in [6, 6.07) is 4.63. The van der Waals surface area contributed by atoms with Crippen LogP contribution in [0.4, 0.5) is 18.0 Å². The summed E-state index contributed by atoms with van der Waals surface area (Å²) in [6.07, 6.45) is -6.35. The quantitative estimate of drug-likeness (QED) is 0.803. The Labute approximate surface area is 83.5 Å². The first-order valence-corrected chi connectivity index (χ1v) is 4.02. The van der Waals surface area contributed by atoms with E-state index in [-0.39, 0.29) is 5.56 Å². The second-order valence-electron chi connectivity index (χ2n) is 2.83. The smallest absolute Gasteiger partial charge is 0.412 e. The largest absolute Gasteiger partial charge is 0.465 e. The number of amides is 1. The molecule has 0 saturated heterocycles. The summed E-state index contributed by atoms with van der Waals surface area (Å²) < 4.78 is 37.3. The summed E-state index contributed by atoms with van der Waals surface area (Å²) >= 11 is 0. The van der Waals surface area contributed by atoms with Crippen LogP contribution in [0.5, 0.6) is 0 Å². The lowest BCUT2D eigenvalue weighted by atomic mass is 10.1. The van der Waals surface area contributed by atoms with Gasteiger partial charge in [-0.05, 0) is 5.56 Å². The molecule has 1 atom stereocenters. The van der Waals surface area contributed by atoms with E-state index in [0.717, 1.165) is 0 Å². The normalized spacial score (nSPS) is 13.3. The fourth-order valence-corrected chi connectivity index (χ4v) is 1.12. The summed E-state index contributed by atoms with van der Waals surface area (Å²) in [5, 5.41) is 9.73. The highest BCUT2D eigenvalue weighted by Gasteiger charge is 2.41. The number of benzene rings is 1. The number of hydrogen-bond acceptors (Lipinski definition) is 1. The van der Waals surface area contributed by atoms with Gasteiger partial charge in [-0.3, -0.25) is 0 Å². The minimum Gasteiger partial charge on any atom is -0.465 e. The van der Waals surface area contributed by atoms with Gasteiger partial charge in [-0.15, -0.1) is 0 Å². The predicted octanol–water partition coefficient (Wildman–Crippen LogP) is 2.56. The molecule has 0 saturated carbocycles. The topological polar surface area (TPSA) is 49.3 Å². The first-order chi connectivity index (χ1) is 6.91. The van der Waals surface area contributed by atoms with Gasteiger partial charge in [0.2, 0.25) is 0 Å². The molecule has 1 unspecified atom stereocenters. The molecule has 2 N–H and O–H groups in total.